The van der Waals surface area contributed by atoms with Gasteiger partial charge in [-0.05, 0) is 80.6 Å². The van der Waals surface area contributed by atoms with Crippen molar-refractivity contribution < 1.29 is 4.79 Å². The second-order valence-electron chi connectivity index (χ2n) is 10.9. The Morgan fingerprint density at radius 3 is 2.42 bits per heavy atom. The molecule has 1 saturated heterocycles. The van der Waals surface area contributed by atoms with Crippen LogP contribution < -0.4 is 21.1 Å². The standard InChI is InChI=1S/C32H40N6O2/c1-6-25(7-2)38-19-21(4)30-26(31(39)35-18-27-20(3)14-22(5)36-32(27)40)15-24(16-28(30)38)23-8-9-29(34-17-23)37-12-10-33-11-13-37/h8-9,14-17,19,25,33H,6-7,10-13,18H2,1-5H3,(H,35,39)(H,36,40). The molecule has 4 heterocycles. The zero-order valence-electron chi connectivity index (χ0n) is 24.2. The van der Waals surface area contributed by atoms with E-state index in [9.17, 15) is 9.59 Å². The summed E-state index contributed by atoms with van der Waals surface area (Å²) in [4.78, 5) is 36.3. The molecule has 0 atom stereocenters. The lowest BCUT2D eigenvalue weighted by Crippen LogP contribution is -2.43. The maximum atomic E-state index is 13.8. The van der Waals surface area contributed by atoms with E-state index in [1.54, 1.807) is 0 Å². The van der Waals surface area contributed by atoms with Gasteiger partial charge in [0.25, 0.3) is 11.5 Å². The minimum atomic E-state index is -0.193. The number of pyridine rings is 2. The van der Waals surface area contributed by atoms with Crippen LogP contribution in [0, 0.1) is 20.8 Å². The third-order valence-electron chi connectivity index (χ3n) is 8.15. The average Bonchev–Trinajstić information content (AvgIpc) is 3.29. The molecule has 0 radical (unpaired) electrons. The third kappa shape index (κ3) is 5.41. The highest BCUT2D eigenvalue weighted by molar-refractivity contribution is 6.09. The van der Waals surface area contributed by atoms with Crippen LogP contribution in [0.25, 0.3) is 22.0 Å². The quantitative estimate of drug-likeness (QED) is 0.292. The first-order valence-corrected chi connectivity index (χ1v) is 14.4. The van der Waals surface area contributed by atoms with Crippen molar-refractivity contribution in [1.29, 1.82) is 0 Å². The van der Waals surface area contributed by atoms with Gasteiger partial charge in [-0.25, -0.2) is 4.98 Å². The molecule has 4 aromatic rings. The first kappa shape index (κ1) is 27.6. The smallest absolute Gasteiger partial charge is 0.253 e. The zero-order valence-corrected chi connectivity index (χ0v) is 24.2. The summed E-state index contributed by atoms with van der Waals surface area (Å²) < 4.78 is 2.32. The number of anilines is 1. The number of rotatable bonds is 8. The van der Waals surface area contributed by atoms with Gasteiger partial charge in [0.1, 0.15) is 5.82 Å². The van der Waals surface area contributed by atoms with E-state index in [-0.39, 0.29) is 18.0 Å². The van der Waals surface area contributed by atoms with Crippen LogP contribution in [0.3, 0.4) is 0 Å². The van der Waals surface area contributed by atoms with E-state index >= 15 is 0 Å². The van der Waals surface area contributed by atoms with Crippen molar-refractivity contribution in [3.8, 4) is 11.1 Å². The molecule has 5 rings (SSSR count). The highest BCUT2D eigenvalue weighted by Gasteiger charge is 2.21. The van der Waals surface area contributed by atoms with Crippen LogP contribution in [0.5, 0.6) is 0 Å². The molecule has 1 amide bonds. The maximum absolute atomic E-state index is 13.8. The van der Waals surface area contributed by atoms with Gasteiger partial charge in [0.05, 0.1) is 0 Å². The fourth-order valence-electron chi connectivity index (χ4n) is 5.92. The SMILES string of the molecule is CCC(CC)n1cc(C)c2c(C(=O)NCc3c(C)cc(C)[nH]c3=O)cc(-c3ccc(N4CCNCC4)nc3)cc21. The summed E-state index contributed by atoms with van der Waals surface area (Å²) in [7, 11) is 0. The molecular weight excluding hydrogens is 500 g/mol. The van der Waals surface area contributed by atoms with Gasteiger partial charge < -0.3 is 25.1 Å². The first-order valence-electron chi connectivity index (χ1n) is 14.4. The summed E-state index contributed by atoms with van der Waals surface area (Å²) in [5.74, 6) is 0.779. The van der Waals surface area contributed by atoms with Gasteiger partial charge in [-0.15, -0.1) is 0 Å². The Morgan fingerprint density at radius 1 is 1.02 bits per heavy atom. The lowest BCUT2D eigenvalue weighted by molar-refractivity contribution is 0.0952. The lowest BCUT2D eigenvalue weighted by atomic mass is 9.98. The van der Waals surface area contributed by atoms with Crippen LogP contribution in [-0.4, -0.2) is 46.6 Å². The molecule has 0 aliphatic carbocycles. The summed E-state index contributed by atoms with van der Waals surface area (Å²) >= 11 is 0. The normalized spacial score (nSPS) is 13.8. The predicted molar refractivity (Wildman–Crippen MR) is 162 cm³/mol. The minimum Gasteiger partial charge on any atom is -0.354 e. The Morgan fingerprint density at radius 2 is 1.77 bits per heavy atom. The van der Waals surface area contributed by atoms with E-state index in [0.29, 0.717) is 17.2 Å². The van der Waals surface area contributed by atoms with Crippen LogP contribution in [0.15, 0.2) is 47.5 Å². The Labute approximate surface area is 235 Å². The van der Waals surface area contributed by atoms with Crippen molar-refractivity contribution in [3.63, 3.8) is 0 Å². The molecule has 3 N–H and O–H groups in total. The summed E-state index contributed by atoms with van der Waals surface area (Å²) in [6, 6.07) is 10.6. The molecule has 1 aromatic carbocycles. The monoisotopic (exact) mass is 540 g/mol. The first-order chi connectivity index (χ1) is 19.3. The minimum absolute atomic E-state index is 0.164. The number of nitrogens with zero attached hydrogens (tertiary/aromatic N) is 3. The molecular formula is C32H40N6O2. The number of carbonyl (C=O) groups excluding carboxylic acids is 1. The lowest BCUT2D eigenvalue weighted by Gasteiger charge is -2.28. The summed E-state index contributed by atoms with van der Waals surface area (Å²) in [6.07, 6.45) is 6.08. The van der Waals surface area contributed by atoms with Crippen molar-refractivity contribution >= 4 is 22.6 Å². The summed E-state index contributed by atoms with van der Waals surface area (Å²) in [6.45, 7) is 14.2. The van der Waals surface area contributed by atoms with E-state index in [4.69, 9.17) is 4.98 Å². The van der Waals surface area contributed by atoms with Crippen LogP contribution in [0.2, 0.25) is 0 Å². The Kier molecular flexibility index (Phi) is 8.07. The molecule has 0 spiro atoms. The predicted octanol–water partition coefficient (Wildman–Crippen LogP) is 5.02. The molecule has 210 valence electrons. The van der Waals surface area contributed by atoms with Gasteiger partial charge >= 0.3 is 0 Å². The molecule has 8 heteroatoms. The molecule has 3 aromatic heterocycles. The fraction of sp³-hybridized carbons (Fsp3) is 0.406. The van der Waals surface area contributed by atoms with Crippen molar-refractivity contribution in [3.05, 3.63) is 81.0 Å². The van der Waals surface area contributed by atoms with Crippen molar-refractivity contribution in [2.45, 2.75) is 60.0 Å². The zero-order chi connectivity index (χ0) is 28.4. The molecule has 40 heavy (non-hydrogen) atoms. The number of carbonyl (C=O) groups is 1. The van der Waals surface area contributed by atoms with Crippen molar-refractivity contribution in [2.75, 3.05) is 31.1 Å². The Balaban J connectivity index is 1.56. The number of benzene rings is 1. The number of aromatic amines is 1. The van der Waals surface area contributed by atoms with E-state index in [1.807, 2.05) is 32.2 Å². The second kappa shape index (κ2) is 11.7. The average molecular weight is 541 g/mol. The van der Waals surface area contributed by atoms with Crippen LogP contribution in [0.1, 0.15) is 65.5 Å². The van der Waals surface area contributed by atoms with Gasteiger partial charge in [0, 0.05) is 84.4 Å². The number of aromatic nitrogens is 3. The number of aryl methyl sites for hydroxylation is 3. The van der Waals surface area contributed by atoms with Crippen LogP contribution in [-0.2, 0) is 6.54 Å². The summed E-state index contributed by atoms with van der Waals surface area (Å²) in [5, 5.41) is 7.37. The van der Waals surface area contributed by atoms with E-state index < -0.39 is 0 Å². The van der Waals surface area contributed by atoms with E-state index in [1.165, 1.54) is 0 Å². The van der Waals surface area contributed by atoms with E-state index in [0.717, 1.165) is 83.7 Å². The highest BCUT2D eigenvalue weighted by atomic mass is 16.1. The fourth-order valence-corrected chi connectivity index (χ4v) is 5.92. The van der Waals surface area contributed by atoms with Gasteiger partial charge in [0.2, 0.25) is 0 Å². The van der Waals surface area contributed by atoms with Gasteiger partial charge in [0.15, 0.2) is 0 Å². The number of H-pyrrole nitrogens is 1. The number of hydrogen-bond donors (Lipinski definition) is 3. The molecule has 0 unspecified atom stereocenters. The summed E-state index contributed by atoms with van der Waals surface area (Å²) in [5.41, 5.74) is 6.73. The van der Waals surface area contributed by atoms with Gasteiger partial charge in [-0.3, -0.25) is 9.59 Å². The van der Waals surface area contributed by atoms with Gasteiger partial charge in [-0.2, -0.15) is 0 Å². The number of piperazine rings is 1. The third-order valence-corrected chi connectivity index (χ3v) is 8.15. The molecule has 1 aliphatic rings. The second-order valence-corrected chi connectivity index (χ2v) is 10.9. The molecule has 8 nitrogen and oxygen atoms in total. The topological polar surface area (TPSA) is 95.0 Å². The number of fused-ring (bicyclic) bond motifs is 1. The molecule has 0 bridgehead atoms. The molecule has 0 saturated carbocycles. The Hall–Kier alpha value is -3.91. The van der Waals surface area contributed by atoms with Crippen molar-refractivity contribution in [2.24, 2.45) is 0 Å². The number of hydrogen-bond acceptors (Lipinski definition) is 5. The molecule has 1 fully saturated rings. The number of amides is 1. The Bertz CT molecular complexity index is 1570. The van der Waals surface area contributed by atoms with E-state index in [2.05, 4.69) is 70.3 Å². The molecule has 1 aliphatic heterocycles. The van der Waals surface area contributed by atoms with Crippen LogP contribution in [0.4, 0.5) is 5.82 Å². The maximum Gasteiger partial charge on any atom is 0.253 e. The number of nitrogens with one attached hydrogen (secondary N) is 3. The largest absolute Gasteiger partial charge is 0.354 e. The van der Waals surface area contributed by atoms with Crippen molar-refractivity contribution in [1.82, 2.24) is 25.2 Å². The van der Waals surface area contributed by atoms with Gasteiger partial charge in [-0.1, -0.05) is 13.8 Å². The highest BCUT2D eigenvalue weighted by Crippen LogP contribution is 2.34. The van der Waals surface area contributed by atoms with Crippen LogP contribution >= 0.6 is 0 Å².